The maximum absolute atomic E-state index is 12.0. The molecule has 2 rings (SSSR count). The molecule has 2 aromatic rings. The third-order valence-corrected chi connectivity index (χ3v) is 3.62. The van der Waals surface area contributed by atoms with Crippen LogP contribution in [0.1, 0.15) is 22.8 Å². The molecule has 0 fully saturated rings. The first-order chi connectivity index (χ1) is 10.1. The summed E-state index contributed by atoms with van der Waals surface area (Å²) in [4.78, 5) is 12.0. The Balaban J connectivity index is 0.00000242. The summed E-state index contributed by atoms with van der Waals surface area (Å²) in [5.74, 6) is -0.123. The third-order valence-electron chi connectivity index (χ3n) is 3.25. The number of hydrogen-bond acceptors (Lipinski definition) is 3. The number of nitrogens with zero attached hydrogens (tertiary/aromatic N) is 2. The van der Waals surface area contributed by atoms with E-state index in [2.05, 4.69) is 15.7 Å². The largest absolute Gasteiger partial charge is 0.350 e. The number of aromatic nitrogens is 2. The van der Waals surface area contributed by atoms with Gasteiger partial charge >= 0.3 is 0 Å². The lowest BCUT2D eigenvalue weighted by Gasteiger charge is -2.10. The maximum atomic E-state index is 12.0. The predicted molar refractivity (Wildman–Crippen MR) is 90.9 cm³/mol. The van der Waals surface area contributed by atoms with Crippen LogP contribution in [-0.2, 0) is 6.54 Å². The second-order valence-electron chi connectivity index (χ2n) is 4.92. The normalized spacial score (nSPS) is 11.6. The first-order valence-corrected chi connectivity index (χ1v) is 7.19. The van der Waals surface area contributed by atoms with E-state index >= 15 is 0 Å². The molecule has 0 bridgehead atoms. The van der Waals surface area contributed by atoms with Crippen LogP contribution in [0.4, 0.5) is 0 Å². The summed E-state index contributed by atoms with van der Waals surface area (Å²) in [5.41, 5.74) is 1.52. The number of amides is 1. The fraction of sp³-hybridized carbons (Fsp3) is 0.333. The van der Waals surface area contributed by atoms with Crippen LogP contribution in [0.3, 0.4) is 0 Å². The highest BCUT2D eigenvalue weighted by molar-refractivity contribution is 6.31. The summed E-state index contributed by atoms with van der Waals surface area (Å²) in [6.07, 6.45) is 3.29. The van der Waals surface area contributed by atoms with Gasteiger partial charge in [-0.25, -0.2) is 0 Å². The van der Waals surface area contributed by atoms with Crippen molar-refractivity contribution in [1.29, 1.82) is 0 Å². The predicted octanol–water partition coefficient (Wildman–Crippen LogP) is 2.34. The summed E-state index contributed by atoms with van der Waals surface area (Å²) < 4.78 is 1.71. The zero-order valence-electron chi connectivity index (χ0n) is 12.5. The van der Waals surface area contributed by atoms with Crippen molar-refractivity contribution >= 4 is 29.9 Å². The zero-order chi connectivity index (χ0) is 15.2. The molecule has 5 nitrogen and oxygen atoms in total. The molecule has 0 aliphatic rings. The highest BCUT2D eigenvalue weighted by atomic mass is 35.5. The smallest absolute Gasteiger partial charge is 0.254 e. The number of carbonyl (C=O) groups excluding carboxylic acids is 1. The minimum atomic E-state index is -0.123. The van der Waals surface area contributed by atoms with Gasteiger partial charge in [0, 0.05) is 23.8 Å². The summed E-state index contributed by atoms with van der Waals surface area (Å²) in [6, 6.07) is 7.83. The van der Waals surface area contributed by atoms with E-state index in [0.717, 1.165) is 5.56 Å². The highest BCUT2D eigenvalue weighted by Crippen LogP contribution is 2.16. The fourth-order valence-electron chi connectivity index (χ4n) is 1.82. The van der Waals surface area contributed by atoms with Crippen molar-refractivity contribution in [2.24, 2.45) is 0 Å². The number of halogens is 2. The van der Waals surface area contributed by atoms with E-state index in [0.29, 0.717) is 23.7 Å². The van der Waals surface area contributed by atoms with Crippen molar-refractivity contribution < 1.29 is 4.79 Å². The van der Waals surface area contributed by atoms with Crippen LogP contribution in [0.25, 0.3) is 0 Å². The van der Waals surface area contributed by atoms with Gasteiger partial charge in [0.2, 0.25) is 0 Å². The molecule has 0 radical (unpaired) electrons. The van der Waals surface area contributed by atoms with E-state index in [-0.39, 0.29) is 24.4 Å². The third kappa shape index (κ3) is 5.02. The SMILES string of the molecule is CNC(C)CNC(=O)c1cnn(Cc2ccccc2Cl)c1.Cl. The van der Waals surface area contributed by atoms with Gasteiger partial charge in [-0.1, -0.05) is 29.8 Å². The molecule has 1 aromatic carbocycles. The highest BCUT2D eigenvalue weighted by Gasteiger charge is 2.10. The number of carbonyl (C=O) groups is 1. The Morgan fingerprint density at radius 1 is 1.41 bits per heavy atom. The Bertz CT molecular complexity index is 615. The van der Waals surface area contributed by atoms with Gasteiger partial charge in [-0.05, 0) is 25.6 Å². The molecule has 1 atom stereocenters. The lowest BCUT2D eigenvalue weighted by atomic mass is 10.2. The zero-order valence-corrected chi connectivity index (χ0v) is 14.1. The van der Waals surface area contributed by atoms with Gasteiger partial charge < -0.3 is 10.6 Å². The second kappa shape index (κ2) is 8.78. The molecule has 0 spiro atoms. The minimum absolute atomic E-state index is 0. The van der Waals surface area contributed by atoms with Gasteiger partial charge in [0.1, 0.15) is 0 Å². The van der Waals surface area contributed by atoms with Crippen molar-refractivity contribution in [3.05, 3.63) is 52.8 Å². The van der Waals surface area contributed by atoms with E-state index < -0.39 is 0 Å². The van der Waals surface area contributed by atoms with E-state index in [1.54, 1.807) is 17.1 Å². The van der Waals surface area contributed by atoms with Crippen molar-refractivity contribution in [2.45, 2.75) is 19.5 Å². The standard InChI is InChI=1S/C15H19ClN4O.ClH/c1-11(17-2)7-18-15(21)13-8-19-20(10-13)9-12-5-3-4-6-14(12)16;/h3-6,8,10-11,17H,7,9H2,1-2H3,(H,18,21);1H. The van der Waals surface area contributed by atoms with Gasteiger partial charge in [-0.15, -0.1) is 12.4 Å². The van der Waals surface area contributed by atoms with E-state index in [4.69, 9.17) is 11.6 Å². The van der Waals surface area contributed by atoms with Crippen molar-refractivity contribution in [3.63, 3.8) is 0 Å². The van der Waals surface area contributed by atoms with Gasteiger partial charge in [0.15, 0.2) is 0 Å². The summed E-state index contributed by atoms with van der Waals surface area (Å²) >= 11 is 6.12. The number of nitrogens with one attached hydrogen (secondary N) is 2. The minimum Gasteiger partial charge on any atom is -0.350 e. The van der Waals surface area contributed by atoms with Crippen molar-refractivity contribution in [3.8, 4) is 0 Å². The Hall–Kier alpha value is -1.56. The Morgan fingerprint density at radius 3 is 2.82 bits per heavy atom. The van der Waals surface area contributed by atoms with Gasteiger partial charge in [0.25, 0.3) is 5.91 Å². The molecular formula is C15H20Cl2N4O. The van der Waals surface area contributed by atoms with Crippen molar-refractivity contribution in [1.82, 2.24) is 20.4 Å². The van der Waals surface area contributed by atoms with Gasteiger partial charge in [-0.2, -0.15) is 5.10 Å². The molecule has 0 aliphatic carbocycles. The van der Waals surface area contributed by atoms with Crippen molar-refractivity contribution in [2.75, 3.05) is 13.6 Å². The lowest BCUT2D eigenvalue weighted by molar-refractivity contribution is 0.0950. The monoisotopic (exact) mass is 342 g/mol. The molecular weight excluding hydrogens is 323 g/mol. The van der Waals surface area contributed by atoms with Crippen LogP contribution in [0.2, 0.25) is 5.02 Å². The second-order valence-corrected chi connectivity index (χ2v) is 5.32. The molecule has 22 heavy (non-hydrogen) atoms. The molecule has 1 heterocycles. The number of benzene rings is 1. The van der Waals surface area contributed by atoms with Crippen LogP contribution in [-0.4, -0.2) is 35.3 Å². The number of hydrogen-bond donors (Lipinski definition) is 2. The molecule has 7 heteroatoms. The van der Waals surface area contributed by atoms with Gasteiger partial charge in [0.05, 0.1) is 18.3 Å². The van der Waals surface area contributed by atoms with Crippen LogP contribution in [0.5, 0.6) is 0 Å². The summed E-state index contributed by atoms with van der Waals surface area (Å²) in [7, 11) is 1.86. The fourth-order valence-corrected chi connectivity index (χ4v) is 2.01. The first-order valence-electron chi connectivity index (χ1n) is 6.81. The molecule has 1 aromatic heterocycles. The Labute approximate surface area is 141 Å². The first kappa shape index (κ1) is 18.5. The summed E-state index contributed by atoms with van der Waals surface area (Å²) in [5, 5.41) is 10.8. The number of rotatable bonds is 6. The molecule has 1 unspecified atom stereocenters. The average molecular weight is 343 g/mol. The summed E-state index contributed by atoms with van der Waals surface area (Å²) in [6.45, 7) is 3.12. The van der Waals surface area contributed by atoms with E-state index in [1.165, 1.54) is 0 Å². The maximum Gasteiger partial charge on any atom is 0.254 e. The van der Waals surface area contributed by atoms with Crippen LogP contribution in [0.15, 0.2) is 36.7 Å². The number of likely N-dealkylation sites (N-methyl/N-ethyl adjacent to an activating group) is 1. The molecule has 1 amide bonds. The Morgan fingerprint density at radius 2 is 2.14 bits per heavy atom. The van der Waals surface area contributed by atoms with Crippen LogP contribution in [0, 0.1) is 0 Å². The van der Waals surface area contributed by atoms with E-state index in [1.807, 2.05) is 38.2 Å². The molecule has 120 valence electrons. The molecule has 0 saturated heterocycles. The quantitative estimate of drug-likeness (QED) is 0.847. The average Bonchev–Trinajstić information content (AvgIpc) is 2.95. The molecule has 0 saturated carbocycles. The Kier molecular flexibility index (Phi) is 7.38. The molecule has 2 N–H and O–H groups in total. The van der Waals surface area contributed by atoms with Crippen LogP contribution >= 0.6 is 24.0 Å². The lowest BCUT2D eigenvalue weighted by Crippen LogP contribution is -2.37. The van der Waals surface area contributed by atoms with E-state index in [9.17, 15) is 4.79 Å². The van der Waals surface area contributed by atoms with Gasteiger partial charge in [-0.3, -0.25) is 9.48 Å². The molecule has 0 aliphatic heterocycles. The van der Waals surface area contributed by atoms with Crippen LogP contribution < -0.4 is 10.6 Å². The topological polar surface area (TPSA) is 58.9 Å².